The first-order valence-corrected chi connectivity index (χ1v) is 9.68. The minimum atomic E-state index is -0.573. The molecule has 1 aromatic carbocycles. The molecule has 7 nitrogen and oxygen atoms in total. The van der Waals surface area contributed by atoms with E-state index in [2.05, 4.69) is 20.8 Å². The van der Waals surface area contributed by atoms with Crippen LogP contribution in [0, 0.1) is 0 Å². The molecule has 8 heteroatoms. The number of benzene rings is 1. The topological polar surface area (TPSA) is 107 Å². The predicted octanol–water partition coefficient (Wildman–Crippen LogP) is 2.98. The Morgan fingerprint density at radius 3 is 2.39 bits per heavy atom. The van der Waals surface area contributed by atoms with Gasteiger partial charge in [0.1, 0.15) is 5.69 Å². The van der Waals surface area contributed by atoms with Crippen LogP contribution in [0.2, 0.25) is 5.02 Å². The summed E-state index contributed by atoms with van der Waals surface area (Å²) in [6.07, 6.45) is 1.76. The number of fused-ring (bicyclic) bond motifs is 2. The number of nitrogens with zero attached hydrogens (tertiary/aromatic N) is 3. The summed E-state index contributed by atoms with van der Waals surface area (Å²) in [5.41, 5.74) is 14.1. The Bertz CT molecular complexity index is 1000. The molecule has 0 saturated heterocycles. The van der Waals surface area contributed by atoms with Gasteiger partial charge >= 0.3 is 6.03 Å². The molecule has 1 spiro atoms. The van der Waals surface area contributed by atoms with Crippen molar-refractivity contribution in [1.82, 2.24) is 14.7 Å². The van der Waals surface area contributed by atoms with Gasteiger partial charge < -0.3 is 16.4 Å². The summed E-state index contributed by atoms with van der Waals surface area (Å²) in [7, 11) is 0. The summed E-state index contributed by atoms with van der Waals surface area (Å²) in [4.78, 5) is 25.8. The molecule has 2 heterocycles. The van der Waals surface area contributed by atoms with Gasteiger partial charge in [0.15, 0.2) is 0 Å². The Morgan fingerprint density at radius 1 is 1.18 bits per heavy atom. The van der Waals surface area contributed by atoms with Gasteiger partial charge in [0, 0.05) is 17.1 Å². The van der Waals surface area contributed by atoms with Gasteiger partial charge in [-0.3, -0.25) is 9.48 Å². The SMILES string of the molecule is CC(C)(C)c1cc(Cl)cc(-c2nn3c(c2C(N)=O)CN(C(N)=O)CC32CC2)c1. The molecule has 0 radical (unpaired) electrons. The Labute approximate surface area is 168 Å². The molecule has 1 aromatic heterocycles. The van der Waals surface area contributed by atoms with Gasteiger partial charge in [-0.15, -0.1) is 0 Å². The van der Waals surface area contributed by atoms with Crippen molar-refractivity contribution < 1.29 is 9.59 Å². The Balaban J connectivity index is 1.93. The highest BCUT2D eigenvalue weighted by molar-refractivity contribution is 6.31. The molecule has 1 aliphatic carbocycles. The second-order valence-electron chi connectivity index (χ2n) is 8.84. The van der Waals surface area contributed by atoms with E-state index in [0.717, 1.165) is 24.0 Å². The highest BCUT2D eigenvalue weighted by Crippen LogP contribution is 2.49. The Kier molecular flexibility index (Phi) is 4.01. The fourth-order valence-corrected chi connectivity index (χ4v) is 4.18. The van der Waals surface area contributed by atoms with Crippen molar-refractivity contribution in [2.24, 2.45) is 11.5 Å². The van der Waals surface area contributed by atoms with Gasteiger partial charge in [0.05, 0.1) is 23.3 Å². The lowest BCUT2D eigenvalue weighted by Crippen LogP contribution is -2.48. The van der Waals surface area contributed by atoms with Crippen molar-refractivity contribution in [2.45, 2.75) is 51.1 Å². The number of hydrogen-bond donors (Lipinski definition) is 2. The summed E-state index contributed by atoms with van der Waals surface area (Å²) >= 11 is 6.38. The number of carbonyl (C=O) groups excluding carboxylic acids is 2. The zero-order valence-corrected chi connectivity index (χ0v) is 17.0. The molecule has 4 N–H and O–H groups in total. The number of primary amides is 2. The normalized spacial score (nSPS) is 17.5. The number of hydrogen-bond acceptors (Lipinski definition) is 3. The van der Waals surface area contributed by atoms with Crippen molar-refractivity contribution in [3.63, 3.8) is 0 Å². The van der Waals surface area contributed by atoms with E-state index in [1.807, 2.05) is 16.8 Å². The van der Waals surface area contributed by atoms with Crippen LogP contribution in [-0.2, 0) is 17.5 Å². The van der Waals surface area contributed by atoms with E-state index in [0.29, 0.717) is 28.5 Å². The number of nitrogens with two attached hydrogens (primary N) is 2. The Morgan fingerprint density at radius 2 is 1.86 bits per heavy atom. The molecule has 2 aliphatic rings. The first kappa shape index (κ1) is 18.8. The van der Waals surface area contributed by atoms with Crippen LogP contribution >= 0.6 is 11.6 Å². The van der Waals surface area contributed by atoms with Crippen molar-refractivity contribution in [2.75, 3.05) is 6.54 Å². The van der Waals surface area contributed by atoms with E-state index in [-0.39, 0.29) is 17.5 Å². The van der Waals surface area contributed by atoms with Crippen LogP contribution < -0.4 is 11.5 Å². The summed E-state index contributed by atoms with van der Waals surface area (Å²) in [6, 6.07) is 5.21. The lowest BCUT2D eigenvalue weighted by Gasteiger charge is -2.33. The molecular weight excluding hydrogens is 378 g/mol. The third kappa shape index (κ3) is 2.94. The molecule has 1 saturated carbocycles. The number of aromatic nitrogens is 2. The third-order valence-corrected chi connectivity index (χ3v) is 5.90. The maximum Gasteiger partial charge on any atom is 0.315 e. The van der Waals surface area contributed by atoms with Gasteiger partial charge in [-0.05, 0) is 42.0 Å². The second kappa shape index (κ2) is 5.98. The number of carbonyl (C=O) groups is 2. The molecule has 1 fully saturated rings. The predicted molar refractivity (Wildman–Crippen MR) is 107 cm³/mol. The van der Waals surface area contributed by atoms with Crippen LogP contribution in [0.15, 0.2) is 18.2 Å². The highest BCUT2D eigenvalue weighted by Gasteiger charge is 2.52. The van der Waals surface area contributed by atoms with E-state index in [1.54, 1.807) is 11.0 Å². The van der Waals surface area contributed by atoms with Crippen molar-refractivity contribution >= 4 is 23.5 Å². The molecule has 148 valence electrons. The van der Waals surface area contributed by atoms with Gasteiger partial charge in [-0.25, -0.2) is 4.79 Å². The third-order valence-electron chi connectivity index (χ3n) is 5.68. The minimum absolute atomic E-state index is 0.119. The largest absolute Gasteiger partial charge is 0.365 e. The maximum absolute atomic E-state index is 12.4. The van der Waals surface area contributed by atoms with Gasteiger partial charge in [0.25, 0.3) is 5.91 Å². The Hall–Kier alpha value is -2.54. The average molecular weight is 402 g/mol. The lowest BCUT2D eigenvalue weighted by atomic mass is 9.85. The molecule has 3 amide bonds. The maximum atomic E-state index is 12.4. The fraction of sp³-hybridized carbons (Fsp3) is 0.450. The first-order valence-electron chi connectivity index (χ1n) is 9.30. The van der Waals surface area contributed by atoms with E-state index < -0.39 is 11.9 Å². The summed E-state index contributed by atoms with van der Waals surface area (Å²) in [5, 5.41) is 5.37. The van der Waals surface area contributed by atoms with Crippen LogP contribution in [0.4, 0.5) is 4.79 Å². The zero-order valence-electron chi connectivity index (χ0n) is 16.3. The van der Waals surface area contributed by atoms with Crippen molar-refractivity contribution in [3.8, 4) is 11.3 Å². The molecule has 0 unspecified atom stereocenters. The van der Waals surface area contributed by atoms with E-state index >= 15 is 0 Å². The average Bonchev–Trinajstić information content (AvgIpc) is 3.22. The van der Waals surface area contributed by atoms with Gasteiger partial charge in [0.2, 0.25) is 0 Å². The molecule has 0 atom stereocenters. The number of urea groups is 1. The van der Waals surface area contributed by atoms with Crippen LogP contribution in [0.25, 0.3) is 11.3 Å². The number of amides is 3. The minimum Gasteiger partial charge on any atom is -0.365 e. The van der Waals surface area contributed by atoms with Gasteiger partial charge in [-0.2, -0.15) is 5.10 Å². The van der Waals surface area contributed by atoms with E-state index in [9.17, 15) is 9.59 Å². The molecule has 0 bridgehead atoms. The summed E-state index contributed by atoms with van der Waals surface area (Å²) in [6.45, 7) is 7.01. The van der Waals surface area contributed by atoms with Crippen LogP contribution in [0.1, 0.15) is 55.2 Å². The monoisotopic (exact) mass is 401 g/mol. The van der Waals surface area contributed by atoms with E-state index in [1.165, 1.54) is 0 Å². The second-order valence-corrected chi connectivity index (χ2v) is 9.28. The molecule has 28 heavy (non-hydrogen) atoms. The first-order chi connectivity index (χ1) is 13.0. The smallest absolute Gasteiger partial charge is 0.315 e. The number of rotatable bonds is 2. The van der Waals surface area contributed by atoms with Gasteiger partial charge in [-0.1, -0.05) is 32.4 Å². The van der Waals surface area contributed by atoms with Crippen molar-refractivity contribution in [3.05, 3.63) is 40.0 Å². The number of halogens is 1. The van der Waals surface area contributed by atoms with Crippen molar-refractivity contribution in [1.29, 1.82) is 0 Å². The summed E-state index contributed by atoms with van der Waals surface area (Å²) < 4.78 is 1.89. The standard InChI is InChI=1S/C20H24ClN5O2/c1-19(2,3)12-6-11(7-13(21)8-12)16-15(17(22)27)14-9-25(18(23)28)10-20(4-5-20)26(14)24-16/h6-8H,4-5,9-10H2,1-3H3,(H2,22,27)(H2,23,28). The highest BCUT2D eigenvalue weighted by atomic mass is 35.5. The molecule has 1 aliphatic heterocycles. The quantitative estimate of drug-likeness (QED) is 0.807. The molecule has 2 aromatic rings. The van der Waals surface area contributed by atoms with Crippen LogP contribution in [-0.4, -0.2) is 33.2 Å². The lowest BCUT2D eigenvalue weighted by molar-refractivity contribution is 0.0996. The molecular formula is C20H24ClN5O2. The van der Waals surface area contributed by atoms with Crippen LogP contribution in [0.3, 0.4) is 0 Å². The zero-order chi connectivity index (χ0) is 20.4. The summed E-state index contributed by atoms with van der Waals surface area (Å²) in [5.74, 6) is -0.573. The van der Waals surface area contributed by atoms with E-state index in [4.69, 9.17) is 28.2 Å². The fourth-order valence-electron chi connectivity index (χ4n) is 3.94. The molecule has 4 rings (SSSR count). The van der Waals surface area contributed by atoms with Crippen LogP contribution in [0.5, 0.6) is 0 Å².